The van der Waals surface area contributed by atoms with Gasteiger partial charge >= 0.3 is 0 Å². The number of rotatable bonds is 6. The summed E-state index contributed by atoms with van der Waals surface area (Å²) in [7, 11) is 0. The number of carbonyl (C=O) groups is 1. The molecule has 26 heavy (non-hydrogen) atoms. The van der Waals surface area contributed by atoms with Crippen LogP contribution in [0.25, 0.3) is 16.6 Å². The Hall–Kier alpha value is -2.96. The topological polar surface area (TPSA) is 81.8 Å². The van der Waals surface area contributed by atoms with Crippen LogP contribution in [0.5, 0.6) is 0 Å². The lowest BCUT2D eigenvalue weighted by molar-refractivity contribution is -0.121. The zero-order valence-electron chi connectivity index (χ0n) is 15.3. The standard InChI is InChI=1S/C19H23N5O2/c1-4-5-11-20-16(25)12-23-19(26)18-17(13(2)21-23)14(3)24(22-18)15-9-7-6-8-10-15/h6-10H,4-5,11-12H2,1-3H3,(H,20,25). The van der Waals surface area contributed by atoms with Crippen molar-refractivity contribution in [3.05, 3.63) is 52.1 Å². The van der Waals surface area contributed by atoms with Gasteiger partial charge in [0.2, 0.25) is 5.91 Å². The minimum atomic E-state index is -0.353. The lowest BCUT2D eigenvalue weighted by atomic mass is 10.2. The first-order valence-electron chi connectivity index (χ1n) is 8.82. The molecule has 136 valence electrons. The minimum absolute atomic E-state index is 0.101. The molecule has 1 N–H and O–H groups in total. The quantitative estimate of drug-likeness (QED) is 0.688. The average molecular weight is 353 g/mol. The van der Waals surface area contributed by atoms with E-state index >= 15 is 0 Å². The van der Waals surface area contributed by atoms with E-state index in [1.165, 1.54) is 4.68 Å². The Morgan fingerprint density at radius 3 is 2.58 bits per heavy atom. The maximum absolute atomic E-state index is 12.8. The number of aromatic nitrogens is 4. The highest BCUT2D eigenvalue weighted by Gasteiger charge is 2.18. The fourth-order valence-electron chi connectivity index (χ4n) is 3.01. The average Bonchev–Trinajstić information content (AvgIpc) is 2.98. The van der Waals surface area contributed by atoms with Gasteiger partial charge in [-0.2, -0.15) is 10.2 Å². The number of aryl methyl sites for hydroxylation is 2. The molecule has 3 rings (SSSR count). The molecule has 0 aliphatic heterocycles. The molecule has 0 unspecified atom stereocenters. The molecule has 0 atom stereocenters. The normalized spacial score (nSPS) is 11.0. The van der Waals surface area contributed by atoms with Crippen molar-refractivity contribution in [3.63, 3.8) is 0 Å². The Kier molecular flexibility index (Phi) is 5.16. The van der Waals surface area contributed by atoms with Crippen LogP contribution in [-0.2, 0) is 11.3 Å². The predicted molar refractivity (Wildman–Crippen MR) is 101 cm³/mol. The second kappa shape index (κ2) is 7.51. The van der Waals surface area contributed by atoms with Gasteiger partial charge in [0.25, 0.3) is 5.56 Å². The zero-order valence-corrected chi connectivity index (χ0v) is 15.3. The molecule has 0 saturated heterocycles. The Labute approximate surface area is 151 Å². The summed E-state index contributed by atoms with van der Waals surface area (Å²) < 4.78 is 2.94. The Morgan fingerprint density at radius 2 is 1.88 bits per heavy atom. The van der Waals surface area contributed by atoms with E-state index in [1.54, 1.807) is 4.68 Å². The summed E-state index contributed by atoms with van der Waals surface area (Å²) in [4.78, 5) is 24.8. The van der Waals surface area contributed by atoms with Crippen LogP contribution in [0.3, 0.4) is 0 Å². The number of nitrogens with zero attached hydrogens (tertiary/aromatic N) is 4. The first-order valence-corrected chi connectivity index (χ1v) is 8.82. The van der Waals surface area contributed by atoms with Crippen LogP contribution < -0.4 is 10.9 Å². The summed E-state index contributed by atoms with van der Waals surface area (Å²) in [5.41, 5.74) is 2.39. The number of hydrogen-bond donors (Lipinski definition) is 1. The summed E-state index contributed by atoms with van der Waals surface area (Å²) in [6.45, 7) is 6.31. The molecule has 0 radical (unpaired) electrons. The second-order valence-electron chi connectivity index (χ2n) is 6.31. The van der Waals surface area contributed by atoms with Crippen LogP contribution in [0.15, 0.2) is 35.1 Å². The first kappa shape index (κ1) is 17.8. The van der Waals surface area contributed by atoms with E-state index in [0.29, 0.717) is 17.8 Å². The summed E-state index contributed by atoms with van der Waals surface area (Å²) in [6.07, 6.45) is 1.91. The van der Waals surface area contributed by atoms with Crippen LogP contribution in [0.2, 0.25) is 0 Å². The van der Waals surface area contributed by atoms with Crippen molar-refractivity contribution < 1.29 is 4.79 Å². The van der Waals surface area contributed by atoms with Crippen molar-refractivity contribution in [2.24, 2.45) is 0 Å². The van der Waals surface area contributed by atoms with Gasteiger partial charge in [0.15, 0.2) is 5.52 Å². The van der Waals surface area contributed by atoms with Crippen molar-refractivity contribution in [1.29, 1.82) is 0 Å². The van der Waals surface area contributed by atoms with E-state index < -0.39 is 0 Å². The molecular formula is C19H23N5O2. The highest BCUT2D eigenvalue weighted by molar-refractivity contribution is 5.83. The molecule has 0 fully saturated rings. The van der Waals surface area contributed by atoms with Gasteiger partial charge in [-0.3, -0.25) is 9.59 Å². The van der Waals surface area contributed by atoms with Crippen LogP contribution in [0.4, 0.5) is 0 Å². The van der Waals surface area contributed by atoms with E-state index in [4.69, 9.17) is 0 Å². The van der Waals surface area contributed by atoms with Crippen LogP contribution >= 0.6 is 0 Å². The van der Waals surface area contributed by atoms with E-state index in [-0.39, 0.29) is 18.0 Å². The van der Waals surface area contributed by atoms with Gasteiger partial charge in [0.1, 0.15) is 6.54 Å². The molecule has 7 nitrogen and oxygen atoms in total. The summed E-state index contributed by atoms with van der Waals surface area (Å²) in [5, 5.41) is 12.4. The Bertz CT molecular complexity index is 989. The zero-order chi connectivity index (χ0) is 18.7. The molecule has 2 heterocycles. The van der Waals surface area contributed by atoms with Crippen molar-refractivity contribution in [1.82, 2.24) is 24.9 Å². The third-order valence-corrected chi connectivity index (χ3v) is 4.33. The maximum Gasteiger partial charge on any atom is 0.295 e. The lowest BCUT2D eigenvalue weighted by Gasteiger charge is -2.07. The molecule has 7 heteroatoms. The van der Waals surface area contributed by atoms with Gasteiger partial charge in [-0.1, -0.05) is 31.5 Å². The van der Waals surface area contributed by atoms with Gasteiger partial charge in [0.05, 0.1) is 22.5 Å². The molecule has 1 amide bonds. The highest BCUT2D eigenvalue weighted by Crippen LogP contribution is 2.20. The largest absolute Gasteiger partial charge is 0.354 e. The number of carbonyl (C=O) groups excluding carboxylic acids is 1. The van der Waals surface area contributed by atoms with Crippen molar-refractivity contribution in [2.45, 2.75) is 40.2 Å². The van der Waals surface area contributed by atoms with Crippen LogP contribution in [-0.4, -0.2) is 32.0 Å². The third kappa shape index (κ3) is 3.37. The van der Waals surface area contributed by atoms with Crippen LogP contribution in [0, 0.1) is 13.8 Å². The number of amides is 1. The molecule has 1 aromatic carbocycles. The van der Waals surface area contributed by atoms with Gasteiger partial charge in [0, 0.05) is 6.54 Å². The van der Waals surface area contributed by atoms with Gasteiger partial charge in [-0.25, -0.2) is 9.36 Å². The van der Waals surface area contributed by atoms with Gasteiger partial charge in [-0.05, 0) is 32.4 Å². The fourth-order valence-corrected chi connectivity index (χ4v) is 3.01. The van der Waals surface area contributed by atoms with Crippen molar-refractivity contribution in [2.75, 3.05) is 6.54 Å². The molecule has 0 saturated carbocycles. The molecule has 0 spiro atoms. The molecule has 3 aromatic rings. The highest BCUT2D eigenvalue weighted by atomic mass is 16.2. The second-order valence-corrected chi connectivity index (χ2v) is 6.31. The van der Waals surface area contributed by atoms with Crippen LogP contribution in [0.1, 0.15) is 31.2 Å². The predicted octanol–water partition coefficient (Wildman–Crippen LogP) is 2.12. The number of para-hydroxylation sites is 1. The molecule has 0 aliphatic carbocycles. The number of nitrogens with one attached hydrogen (secondary N) is 1. The van der Waals surface area contributed by atoms with E-state index in [1.807, 2.05) is 44.2 Å². The van der Waals surface area contributed by atoms with Gasteiger partial charge in [-0.15, -0.1) is 0 Å². The Morgan fingerprint density at radius 1 is 1.15 bits per heavy atom. The molecule has 2 aromatic heterocycles. The number of fused-ring (bicyclic) bond motifs is 1. The first-order chi connectivity index (χ1) is 12.5. The number of benzene rings is 1. The molecule has 0 aliphatic rings. The van der Waals surface area contributed by atoms with E-state index in [0.717, 1.165) is 29.6 Å². The van der Waals surface area contributed by atoms with E-state index in [9.17, 15) is 9.59 Å². The number of unbranched alkanes of at least 4 members (excludes halogenated alkanes) is 1. The fraction of sp³-hybridized carbons (Fsp3) is 0.368. The lowest BCUT2D eigenvalue weighted by Crippen LogP contribution is -2.34. The summed E-state index contributed by atoms with van der Waals surface area (Å²) >= 11 is 0. The summed E-state index contributed by atoms with van der Waals surface area (Å²) in [6, 6.07) is 9.64. The Balaban J connectivity index is 2.00. The van der Waals surface area contributed by atoms with Crippen molar-refractivity contribution >= 4 is 16.8 Å². The maximum atomic E-state index is 12.8. The van der Waals surface area contributed by atoms with Gasteiger partial charge < -0.3 is 5.32 Å². The molecule has 0 bridgehead atoms. The summed E-state index contributed by atoms with van der Waals surface area (Å²) in [5.74, 6) is -0.217. The van der Waals surface area contributed by atoms with Crippen molar-refractivity contribution in [3.8, 4) is 5.69 Å². The smallest absolute Gasteiger partial charge is 0.295 e. The number of hydrogen-bond acceptors (Lipinski definition) is 4. The monoisotopic (exact) mass is 353 g/mol. The third-order valence-electron chi connectivity index (χ3n) is 4.33. The minimum Gasteiger partial charge on any atom is -0.354 e. The SMILES string of the molecule is CCCCNC(=O)Cn1nc(C)c2c(C)n(-c3ccccc3)nc2c1=O. The van der Waals surface area contributed by atoms with E-state index in [2.05, 4.69) is 22.4 Å². The molecular weight excluding hydrogens is 330 g/mol.